The molecule has 14 heavy (non-hydrogen) atoms. The highest BCUT2D eigenvalue weighted by Crippen LogP contribution is 2.36. The molecule has 0 saturated heterocycles. The molecule has 0 saturated carbocycles. The van der Waals surface area contributed by atoms with Gasteiger partial charge in [-0.2, -0.15) is 5.26 Å². The van der Waals surface area contributed by atoms with E-state index in [0.29, 0.717) is 12.1 Å². The summed E-state index contributed by atoms with van der Waals surface area (Å²) in [6.45, 7) is 0. The summed E-state index contributed by atoms with van der Waals surface area (Å²) in [6.07, 6.45) is 0.327. The number of hydrogen-bond donors (Lipinski definition) is 2. The third-order valence-corrected chi connectivity index (χ3v) is 3.13. The van der Waals surface area contributed by atoms with Crippen molar-refractivity contribution in [1.29, 1.82) is 5.26 Å². The highest BCUT2D eigenvalue weighted by molar-refractivity contribution is 7.17. The van der Waals surface area contributed by atoms with Crippen molar-refractivity contribution >= 4 is 27.1 Å². The number of thiophene rings is 1. The van der Waals surface area contributed by atoms with Crippen LogP contribution in [0.4, 0.5) is 5.69 Å². The van der Waals surface area contributed by atoms with E-state index in [1.54, 1.807) is 12.1 Å². The van der Waals surface area contributed by atoms with Gasteiger partial charge in [-0.25, -0.2) is 0 Å². The smallest absolute Gasteiger partial charge is 0.133 e. The number of fused-ring (bicyclic) bond motifs is 1. The normalized spacial score (nSPS) is 10.2. The zero-order valence-electron chi connectivity index (χ0n) is 7.32. The predicted molar refractivity (Wildman–Crippen MR) is 57.2 cm³/mol. The Balaban J connectivity index is 2.78. The number of hydrogen-bond acceptors (Lipinski definition) is 4. The fraction of sp³-hybridized carbons (Fsp3) is 0.100. The van der Waals surface area contributed by atoms with E-state index in [-0.39, 0.29) is 5.75 Å². The standard InChI is InChI=1S/C10H8N2OS/c11-4-3-6-5-14-10-8(13)2-1-7(12)9(6)10/h1-2,5,13H,3,12H2. The average molecular weight is 204 g/mol. The van der Waals surface area contributed by atoms with Gasteiger partial charge in [0.25, 0.3) is 0 Å². The summed E-state index contributed by atoms with van der Waals surface area (Å²) in [6, 6.07) is 5.31. The van der Waals surface area contributed by atoms with E-state index in [1.165, 1.54) is 11.3 Å². The highest BCUT2D eigenvalue weighted by Gasteiger charge is 2.09. The fourth-order valence-corrected chi connectivity index (χ4v) is 2.46. The minimum atomic E-state index is 0.225. The van der Waals surface area contributed by atoms with Gasteiger partial charge in [0.15, 0.2) is 0 Å². The molecule has 70 valence electrons. The van der Waals surface area contributed by atoms with Gasteiger partial charge in [-0.1, -0.05) is 0 Å². The van der Waals surface area contributed by atoms with Crippen molar-refractivity contribution in [2.75, 3.05) is 5.73 Å². The molecule has 0 aliphatic rings. The molecule has 0 bridgehead atoms. The van der Waals surface area contributed by atoms with Gasteiger partial charge < -0.3 is 10.8 Å². The van der Waals surface area contributed by atoms with Crippen molar-refractivity contribution in [1.82, 2.24) is 0 Å². The molecule has 0 amide bonds. The summed E-state index contributed by atoms with van der Waals surface area (Å²) in [5.74, 6) is 0.225. The van der Waals surface area contributed by atoms with Crippen molar-refractivity contribution in [3.05, 3.63) is 23.1 Å². The first-order chi connectivity index (χ1) is 6.74. The summed E-state index contributed by atoms with van der Waals surface area (Å²) >= 11 is 1.41. The van der Waals surface area contributed by atoms with Crippen molar-refractivity contribution in [2.45, 2.75) is 6.42 Å². The minimum absolute atomic E-state index is 0.225. The number of anilines is 1. The van der Waals surface area contributed by atoms with Gasteiger partial charge >= 0.3 is 0 Å². The monoisotopic (exact) mass is 204 g/mol. The second-order valence-corrected chi connectivity index (χ2v) is 3.85. The second kappa shape index (κ2) is 3.20. The number of nitrogen functional groups attached to an aromatic ring is 1. The third kappa shape index (κ3) is 1.19. The number of benzene rings is 1. The Labute approximate surface area is 85.0 Å². The Morgan fingerprint density at radius 1 is 1.50 bits per heavy atom. The van der Waals surface area contributed by atoms with Gasteiger partial charge in [0.05, 0.1) is 17.2 Å². The lowest BCUT2D eigenvalue weighted by Crippen LogP contribution is -1.87. The first kappa shape index (κ1) is 8.85. The molecule has 0 unspecified atom stereocenters. The van der Waals surface area contributed by atoms with E-state index in [0.717, 1.165) is 15.6 Å². The Kier molecular flexibility index (Phi) is 2.02. The van der Waals surface area contributed by atoms with Gasteiger partial charge in [-0.3, -0.25) is 0 Å². The lowest BCUT2D eigenvalue weighted by atomic mass is 10.1. The third-order valence-electron chi connectivity index (χ3n) is 2.08. The van der Waals surface area contributed by atoms with Crippen LogP contribution in [0, 0.1) is 11.3 Å². The maximum Gasteiger partial charge on any atom is 0.133 e. The van der Waals surface area contributed by atoms with Crippen LogP contribution in [0.1, 0.15) is 5.56 Å². The van der Waals surface area contributed by atoms with Crippen LogP contribution in [0.2, 0.25) is 0 Å². The molecule has 2 aromatic rings. The van der Waals surface area contributed by atoms with Gasteiger partial charge in [0.2, 0.25) is 0 Å². The van der Waals surface area contributed by atoms with Crippen LogP contribution >= 0.6 is 11.3 Å². The zero-order chi connectivity index (χ0) is 10.1. The lowest BCUT2D eigenvalue weighted by molar-refractivity contribution is 0.482. The molecule has 3 N–H and O–H groups in total. The molecular weight excluding hydrogens is 196 g/mol. The van der Waals surface area contributed by atoms with Crippen LogP contribution in [-0.2, 0) is 6.42 Å². The molecule has 4 heteroatoms. The van der Waals surface area contributed by atoms with Gasteiger partial charge in [0.1, 0.15) is 5.75 Å². The number of rotatable bonds is 1. The van der Waals surface area contributed by atoms with E-state index < -0.39 is 0 Å². The molecule has 3 nitrogen and oxygen atoms in total. The number of aromatic hydroxyl groups is 1. The van der Waals surface area contributed by atoms with Crippen molar-refractivity contribution < 1.29 is 5.11 Å². The average Bonchev–Trinajstić information content (AvgIpc) is 2.58. The molecule has 0 radical (unpaired) electrons. The Hall–Kier alpha value is -1.73. The molecule has 0 atom stereocenters. The van der Waals surface area contributed by atoms with E-state index >= 15 is 0 Å². The molecule has 1 aromatic heterocycles. The quantitative estimate of drug-likeness (QED) is 0.553. The number of nitriles is 1. The molecule has 1 heterocycles. The first-order valence-electron chi connectivity index (χ1n) is 4.08. The number of nitrogens with zero attached hydrogens (tertiary/aromatic N) is 1. The lowest BCUT2D eigenvalue weighted by Gasteiger charge is -2.00. The summed E-state index contributed by atoms with van der Waals surface area (Å²) in [7, 11) is 0. The number of phenolic OH excluding ortho intramolecular Hbond substituents is 1. The zero-order valence-corrected chi connectivity index (χ0v) is 8.14. The van der Waals surface area contributed by atoms with Gasteiger partial charge in [0, 0.05) is 11.1 Å². The summed E-state index contributed by atoms with van der Waals surface area (Å²) in [5, 5.41) is 20.8. The van der Waals surface area contributed by atoms with E-state index in [1.807, 2.05) is 5.38 Å². The van der Waals surface area contributed by atoms with Crippen molar-refractivity contribution in [2.24, 2.45) is 0 Å². The highest BCUT2D eigenvalue weighted by atomic mass is 32.1. The summed E-state index contributed by atoms with van der Waals surface area (Å²) in [5.41, 5.74) is 7.29. The van der Waals surface area contributed by atoms with Crippen LogP contribution in [-0.4, -0.2) is 5.11 Å². The summed E-state index contributed by atoms with van der Waals surface area (Å²) < 4.78 is 0.759. The van der Waals surface area contributed by atoms with Crippen LogP contribution < -0.4 is 5.73 Å². The minimum Gasteiger partial charge on any atom is -0.506 e. The van der Waals surface area contributed by atoms with E-state index in [4.69, 9.17) is 11.0 Å². The Morgan fingerprint density at radius 3 is 3.00 bits per heavy atom. The Bertz CT molecular complexity index is 525. The molecular formula is C10H8N2OS. The van der Waals surface area contributed by atoms with Gasteiger partial charge in [-0.15, -0.1) is 11.3 Å². The molecule has 0 spiro atoms. The maximum absolute atomic E-state index is 9.55. The predicted octanol–water partition coefficient (Wildman–Crippen LogP) is 2.26. The largest absolute Gasteiger partial charge is 0.506 e. The number of nitrogens with two attached hydrogens (primary N) is 1. The number of phenols is 1. The maximum atomic E-state index is 9.55. The van der Waals surface area contributed by atoms with E-state index in [9.17, 15) is 5.11 Å². The molecule has 2 rings (SSSR count). The van der Waals surface area contributed by atoms with Crippen LogP contribution in [0.3, 0.4) is 0 Å². The van der Waals surface area contributed by atoms with Crippen LogP contribution in [0.25, 0.3) is 10.1 Å². The van der Waals surface area contributed by atoms with Gasteiger partial charge in [-0.05, 0) is 23.1 Å². The molecule has 0 aliphatic heterocycles. The molecule has 0 fully saturated rings. The van der Waals surface area contributed by atoms with E-state index in [2.05, 4.69) is 6.07 Å². The van der Waals surface area contributed by atoms with Crippen LogP contribution in [0.15, 0.2) is 17.5 Å². The van der Waals surface area contributed by atoms with Crippen molar-refractivity contribution in [3.8, 4) is 11.8 Å². The summed E-state index contributed by atoms with van der Waals surface area (Å²) in [4.78, 5) is 0. The molecule has 1 aromatic carbocycles. The first-order valence-corrected chi connectivity index (χ1v) is 4.96. The SMILES string of the molecule is N#CCc1csc2c(O)ccc(N)c12. The molecule has 0 aliphatic carbocycles. The topological polar surface area (TPSA) is 70.0 Å². The second-order valence-electron chi connectivity index (χ2n) is 2.97. The fourth-order valence-electron chi connectivity index (χ4n) is 1.44. The van der Waals surface area contributed by atoms with Crippen LogP contribution in [0.5, 0.6) is 5.75 Å². The van der Waals surface area contributed by atoms with Crippen molar-refractivity contribution in [3.63, 3.8) is 0 Å². The Morgan fingerprint density at radius 2 is 2.29 bits per heavy atom.